The van der Waals surface area contributed by atoms with Crippen molar-refractivity contribution in [2.75, 3.05) is 59.7 Å². The van der Waals surface area contributed by atoms with Crippen LogP contribution in [0.5, 0.6) is 0 Å². The topological polar surface area (TPSA) is 60.0 Å². The lowest BCUT2D eigenvalue weighted by Gasteiger charge is -2.34. The van der Waals surface area contributed by atoms with E-state index in [2.05, 4.69) is 10.2 Å². The molecule has 18 heavy (non-hydrogen) atoms. The number of methoxy groups -OCH3 is 1. The number of hydrogen-bond acceptors (Lipinski definition) is 6. The van der Waals surface area contributed by atoms with E-state index in [-0.39, 0.29) is 12.0 Å². The van der Waals surface area contributed by atoms with E-state index in [1.807, 2.05) is 6.92 Å². The van der Waals surface area contributed by atoms with E-state index in [0.717, 1.165) is 19.6 Å². The number of esters is 1. The third-order valence-corrected chi connectivity index (χ3v) is 2.87. The normalized spacial score (nSPS) is 20.9. The molecule has 1 aliphatic rings. The van der Waals surface area contributed by atoms with Gasteiger partial charge in [-0.3, -0.25) is 9.69 Å². The molecule has 0 saturated carbocycles. The monoisotopic (exact) mass is 260 g/mol. The van der Waals surface area contributed by atoms with E-state index in [4.69, 9.17) is 14.2 Å². The lowest BCUT2D eigenvalue weighted by atomic mass is 10.2. The zero-order chi connectivity index (χ0) is 13.2. The second-order valence-electron chi connectivity index (χ2n) is 4.11. The Morgan fingerprint density at radius 1 is 1.39 bits per heavy atom. The molecule has 1 heterocycles. The highest BCUT2D eigenvalue weighted by Crippen LogP contribution is 2.05. The van der Waals surface area contributed by atoms with Crippen LogP contribution in [0.25, 0.3) is 0 Å². The molecule has 0 aromatic carbocycles. The summed E-state index contributed by atoms with van der Waals surface area (Å²) in [5.74, 6) is -0.151. The predicted molar refractivity (Wildman–Crippen MR) is 67.6 cm³/mol. The van der Waals surface area contributed by atoms with Gasteiger partial charge in [0.15, 0.2) is 0 Å². The van der Waals surface area contributed by atoms with Crippen molar-refractivity contribution in [2.24, 2.45) is 0 Å². The van der Waals surface area contributed by atoms with E-state index >= 15 is 0 Å². The van der Waals surface area contributed by atoms with Crippen LogP contribution in [-0.2, 0) is 19.0 Å². The van der Waals surface area contributed by atoms with Gasteiger partial charge in [-0.05, 0) is 6.92 Å². The van der Waals surface area contributed by atoms with Gasteiger partial charge in [0.2, 0.25) is 0 Å². The van der Waals surface area contributed by atoms with Gasteiger partial charge in [-0.2, -0.15) is 0 Å². The van der Waals surface area contributed by atoms with Crippen molar-refractivity contribution in [1.29, 1.82) is 0 Å². The molecule has 1 saturated heterocycles. The number of rotatable bonds is 8. The van der Waals surface area contributed by atoms with Crippen molar-refractivity contribution >= 4 is 5.97 Å². The van der Waals surface area contributed by atoms with Crippen molar-refractivity contribution in [1.82, 2.24) is 10.2 Å². The second-order valence-corrected chi connectivity index (χ2v) is 4.11. The summed E-state index contributed by atoms with van der Waals surface area (Å²) in [6.07, 6.45) is 0. The SMILES string of the molecule is CCOC(=O)C1CNCCN1CCOCCOC. The Kier molecular flexibility index (Phi) is 7.91. The maximum atomic E-state index is 11.8. The van der Waals surface area contributed by atoms with Gasteiger partial charge in [-0.15, -0.1) is 0 Å². The van der Waals surface area contributed by atoms with E-state index in [0.29, 0.717) is 33.0 Å². The largest absolute Gasteiger partial charge is 0.465 e. The average Bonchev–Trinajstić information content (AvgIpc) is 2.39. The number of ether oxygens (including phenoxy) is 3. The first-order valence-corrected chi connectivity index (χ1v) is 6.47. The second kappa shape index (κ2) is 9.27. The Balaban J connectivity index is 2.28. The van der Waals surface area contributed by atoms with Crippen LogP contribution in [0.2, 0.25) is 0 Å². The maximum absolute atomic E-state index is 11.8. The van der Waals surface area contributed by atoms with Crippen LogP contribution in [0.1, 0.15) is 6.92 Å². The zero-order valence-electron chi connectivity index (χ0n) is 11.3. The third-order valence-electron chi connectivity index (χ3n) is 2.87. The molecule has 106 valence electrons. The summed E-state index contributed by atoms with van der Waals surface area (Å²) in [4.78, 5) is 13.9. The number of carbonyl (C=O) groups excluding carboxylic acids is 1. The number of nitrogens with one attached hydrogen (secondary N) is 1. The Morgan fingerprint density at radius 2 is 2.22 bits per heavy atom. The van der Waals surface area contributed by atoms with Crippen LogP contribution in [0.15, 0.2) is 0 Å². The molecule has 1 rings (SSSR count). The van der Waals surface area contributed by atoms with E-state index < -0.39 is 0 Å². The molecule has 6 heteroatoms. The molecule has 0 aliphatic carbocycles. The minimum Gasteiger partial charge on any atom is -0.465 e. The zero-order valence-corrected chi connectivity index (χ0v) is 11.3. The van der Waals surface area contributed by atoms with Crippen LogP contribution >= 0.6 is 0 Å². The highest BCUT2D eigenvalue weighted by atomic mass is 16.5. The first-order valence-electron chi connectivity index (χ1n) is 6.47. The van der Waals surface area contributed by atoms with Crippen LogP contribution in [0.4, 0.5) is 0 Å². The highest BCUT2D eigenvalue weighted by Gasteiger charge is 2.29. The van der Waals surface area contributed by atoms with Crippen LogP contribution in [0.3, 0.4) is 0 Å². The molecular weight excluding hydrogens is 236 g/mol. The minimum atomic E-state index is -0.190. The Morgan fingerprint density at radius 3 is 2.94 bits per heavy atom. The fourth-order valence-corrected chi connectivity index (χ4v) is 1.91. The molecule has 0 radical (unpaired) electrons. The van der Waals surface area contributed by atoms with Crippen molar-refractivity contribution in [2.45, 2.75) is 13.0 Å². The number of carbonyl (C=O) groups is 1. The number of nitrogens with zero attached hydrogens (tertiary/aromatic N) is 1. The quantitative estimate of drug-likeness (QED) is 0.468. The summed E-state index contributed by atoms with van der Waals surface area (Å²) in [6.45, 7) is 7.19. The molecule has 0 aromatic heterocycles. The minimum absolute atomic E-state index is 0.151. The standard InChI is InChI=1S/C12H24N2O4/c1-3-18-12(15)11-10-13-4-5-14(11)6-7-17-9-8-16-2/h11,13H,3-10H2,1-2H3. The van der Waals surface area contributed by atoms with Gasteiger partial charge in [-0.25, -0.2) is 0 Å². The summed E-state index contributed by atoms with van der Waals surface area (Å²) in [5, 5.41) is 3.21. The summed E-state index contributed by atoms with van der Waals surface area (Å²) < 4.78 is 15.4. The molecule has 0 spiro atoms. The fourth-order valence-electron chi connectivity index (χ4n) is 1.91. The molecule has 1 aliphatic heterocycles. The molecule has 6 nitrogen and oxygen atoms in total. The summed E-state index contributed by atoms with van der Waals surface area (Å²) in [5.41, 5.74) is 0. The molecule has 1 atom stereocenters. The third kappa shape index (κ3) is 5.30. The number of hydrogen-bond donors (Lipinski definition) is 1. The van der Waals surface area contributed by atoms with E-state index in [1.165, 1.54) is 0 Å². The van der Waals surface area contributed by atoms with Crippen LogP contribution in [-0.4, -0.2) is 76.6 Å². The highest BCUT2D eigenvalue weighted by molar-refractivity contribution is 5.76. The van der Waals surface area contributed by atoms with Crippen LogP contribution in [0, 0.1) is 0 Å². The summed E-state index contributed by atoms with van der Waals surface area (Å²) in [7, 11) is 1.65. The smallest absolute Gasteiger partial charge is 0.324 e. The Bertz CT molecular complexity index is 238. The molecule has 1 fully saturated rings. The Labute approximate surface area is 109 Å². The van der Waals surface area contributed by atoms with Gasteiger partial charge in [0.05, 0.1) is 26.4 Å². The molecule has 1 N–H and O–H groups in total. The fraction of sp³-hybridized carbons (Fsp3) is 0.917. The predicted octanol–water partition coefficient (Wildman–Crippen LogP) is -0.514. The van der Waals surface area contributed by atoms with Crippen LogP contribution < -0.4 is 5.32 Å². The number of piperazine rings is 1. The van der Waals surface area contributed by atoms with E-state index in [1.54, 1.807) is 7.11 Å². The van der Waals surface area contributed by atoms with Gasteiger partial charge in [-0.1, -0.05) is 0 Å². The van der Waals surface area contributed by atoms with Crippen molar-refractivity contribution in [3.63, 3.8) is 0 Å². The first-order chi connectivity index (χ1) is 8.79. The van der Waals surface area contributed by atoms with Crippen molar-refractivity contribution < 1.29 is 19.0 Å². The van der Waals surface area contributed by atoms with Crippen molar-refractivity contribution in [3.8, 4) is 0 Å². The maximum Gasteiger partial charge on any atom is 0.324 e. The van der Waals surface area contributed by atoms with Gasteiger partial charge in [0.25, 0.3) is 0 Å². The molecule has 1 unspecified atom stereocenters. The van der Waals surface area contributed by atoms with Gasteiger partial charge in [0, 0.05) is 33.3 Å². The summed E-state index contributed by atoms with van der Waals surface area (Å²) >= 11 is 0. The average molecular weight is 260 g/mol. The molecule has 0 aromatic rings. The van der Waals surface area contributed by atoms with Gasteiger partial charge >= 0.3 is 5.97 Å². The lowest BCUT2D eigenvalue weighted by molar-refractivity contribution is -0.150. The Hall–Kier alpha value is -0.690. The molecular formula is C12H24N2O4. The summed E-state index contributed by atoms with van der Waals surface area (Å²) in [6, 6.07) is -0.190. The van der Waals surface area contributed by atoms with Gasteiger partial charge < -0.3 is 19.5 Å². The molecule has 0 amide bonds. The van der Waals surface area contributed by atoms with Crippen molar-refractivity contribution in [3.05, 3.63) is 0 Å². The van der Waals surface area contributed by atoms with Gasteiger partial charge in [0.1, 0.15) is 6.04 Å². The first kappa shape index (κ1) is 15.4. The van der Waals surface area contributed by atoms with E-state index in [9.17, 15) is 4.79 Å². The lowest BCUT2D eigenvalue weighted by Crippen LogP contribution is -2.56. The molecule has 0 bridgehead atoms.